The SMILES string of the molecule is CN1CCN(C(C)(C#N)Cc2ccccc2F)CC1. The van der Waals surface area contributed by atoms with E-state index in [1.54, 1.807) is 12.1 Å². The van der Waals surface area contributed by atoms with Gasteiger partial charge in [-0.1, -0.05) is 18.2 Å². The molecule has 2 rings (SSSR count). The van der Waals surface area contributed by atoms with Crippen LogP contribution in [0.25, 0.3) is 0 Å². The van der Waals surface area contributed by atoms with E-state index in [0.717, 1.165) is 26.2 Å². The zero-order chi connectivity index (χ0) is 13.9. The second kappa shape index (κ2) is 5.68. The highest BCUT2D eigenvalue weighted by molar-refractivity contribution is 5.23. The number of piperazine rings is 1. The Bertz CT molecular complexity index is 475. The van der Waals surface area contributed by atoms with Crippen LogP contribution in [-0.4, -0.2) is 48.6 Å². The fraction of sp³-hybridized carbons (Fsp3) is 0.533. The van der Waals surface area contributed by atoms with Crippen LogP contribution in [0.3, 0.4) is 0 Å². The summed E-state index contributed by atoms with van der Waals surface area (Å²) in [5.41, 5.74) is -0.0193. The third kappa shape index (κ3) is 3.12. The first-order valence-corrected chi connectivity index (χ1v) is 6.63. The van der Waals surface area contributed by atoms with Crippen molar-refractivity contribution in [2.75, 3.05) is 33.2 Å². The summed E-state index contributed by atoms with van der Waals surface area (Å²) in [7, 11) is 2.08. The number of halogens is 1. The highest BCUT2D eigenvalue weighted by atomic mass is 19.1. The molecule has 3 nitrogen and oxygen atoms in total. The third-order valence-electron chi connectivity index (χ3n) is 3.93. The molecular weight excluding hydrogens is 241 g/mol. The van der Waals surface area contributed by atoms with Crippen LogP contribution in [0.5, 0.6) is 0 Å². The predicted octanol–water partition coefficient (Wildman–Crippen LogP) is 1.90. The first kappa shape index (κ1) is 14.0. The van der Waals surface area contributed by atoms with Crippen molar-refractivity contribution in [1.29, 1.82) is 5.26 Å². The Morgan fingerprint density at radius 2 is 1.89 bits per heavy atom. The zero-order valence-electron chi connectivity index (χ0n) is 11.6. The number of nitrogens with zero attached hydrogens (tertiary/aromatic N) is 3. The normalized spacial score (nSPS) is 20.7. The van der Waals surface area contributed by atoms with E-state index in [2.05, 4.69) is 22.9 Å². The van der Waals surface area contributed by atoms with Crippen LogP contribution < -0.4 is 0 Å². The monoisotopic (exact) mass is 261 g/mol. The van der Waals surface area contributed by atoms with E-state index in [0.29, 0.717) is 12.0 Å². The minimum atomic E-state index is -0.635. The average molecular weight is 261 g/mol. The highest BCUT2D eigenvalue weighted by Gasteiger charge is 2.34. The Hall–Kier alpha value is -1.44. The lowest BCUT2D eigenvalue weighted by Crippen LogP contribution is -2.55. The van der Waals surface area contributed by atoms with Crippen molar-refractivity contribution >= 4 is 0 Å². The number of nitriles is 1. The Morgan fingerprint density at radius 1 is 1.26 bits per heavy atom. The maximum atomic E-state index is 13.7. The van der Waals surface area contributed by atoms with Crippen molar-refractivity contribution in [1.82, 2.24) is 9.80 Å². The van der Waals surface area contributed by atoms with Crippen molar-refractivity contribution in [2.45, 2.75) is 18.9 Å². The molecule has 0 aliphatic carbocycles. The molecule has 4 heteroatoms. The zero-order valence-corrected chi connectivity index (χ0v) is 11.6. The van der Waals surface area contributed by atoms with Crippen molar-refractivity contribution in [3.8, 4) is 6.07 Å². The molecule has 1 unspecified atom stereocenters. The van der Waals surface area contributed by atoms with Crippen LogP contribution in [-0.2, 0) is 6.42 Å². The van der Waals surface area contributed by atoms with Gasteiger partial charge in [-0.05, 0) is 25.6 Å². The number of benzene rings is 1. The summed E-state index contributed by atoms with van der Waals surface area (Å²) in [5.74, 6) is -0.224. The fourth-order valence-electron chi connectivity index (χ4n) is 2.53. The van der Waals surface area contributed by atoms with Crippen LogP contribution in [0.15, 0.2) is 24.3 Å². The van der Waals surface area contributed by atoms with Gasteiger partial charge in [0.15, 0.2) is 0 Å². The highest BCUT2D eigenvalue weighted by Crippen LogP contribution is 2.23. The molecule has 0 saturated carbocycles. The van der Waals surface area contributed by atoms with Gasteiger partial charge in [0.25, 0.3) is 0 Å². The molecule has 1 saturated heterocycles. The van der Waals surface area contributed by atoms with Gasteiger partial charge in [0, 0.05) is 32.6 Å². The van der Waals surface area contributed by atoms with Gasteiger partial charge in [0.2, 0.25) is 0 Å². The van der Waals surface area contributed by atoms with Gasteiger partial charge in [-0.15, -0.1) is 0 Å². The van der Waals surface area contributed by atoms with Crippen molar-refractivity contribution in [3.05, 3.63) is 35.6 Å². The van der Waals surface area contributed by atoms with Gasteiger partial charge < -0.3 is 4.90 Å². The molecular formula is C15H20FN3. The summed E-state index contributed by atoms with van der Waals surface area (Å²) < 4.78 is 13.7. The fourth-order valence-corrected chi connectivity index (χ4v) is 2.53. The molecule has 1 atom stereocenters. The molecule has 0 bridgehead atoms. The molecule has 0 amide bonds. The lowest BCUT2D eigenvalue weighted by molar-refractivity contribution is 0.0831. The van der Waals surface area contributed by atoms with Gasteiger partial charge in [-0.25, -0.2) is 4.39 Å². The largest absolute Gasteiger partial charge is 0.304 e. The standard InChI is InChI=1S/C15H20FN3/c1-15(12-17,19-9-7-18(2)8-10-19)11-13-5-3-4-6-14(13)16/h3-6H,7-11H2,1-2H3. The van der Waals surface area contributed by atoms with Crippen molar-refractivity contribution in [3.63, 3.8) is 0 Å². The smallest absolute Gasteiger partial charge is 0.126 e. The van der Waals surface area contributed by atoms with Gasteiger partial charge in [-0.2, -0.15) is 5.26 Å². The van der Waals surface area contributed by atoms with E-state index in [4.69, 9.17) is 0 Å². The summed E-state index contributed by atoms with van der Waals surface area (Å²) >= 11 is 0. The molecule has 1 fully saturated rings. The minimum Gasteiger partial charge on any atom is -0.304 e. The number of hydrogen-bond acceptors (Lipinski definition) is 3. The maximum absolute atomic E-state index is 13.7. The van der Waals surface area contributed by atoms with E-state index in [9.17, 15) is 9.65 Å². The summed E-state index contributed by atoms with van der Waals surface area (Å²) in [6.45, 7) is 5.53. The molecule has 19 heavy (non-hydrogen) atoms. The quantitative estimate of drug-likeness (QED) is 0.832. The van der Waals surface area contributed by atoms with Crippen LogP contribution in [0.1, 0.15) is 12.5 Å². The third-order valence-corrected chi connectivity index (χ3v) is 3.93. The summed E-state index contributed by atoms with van der Waals surface area (Å²) in [4.78, 5) is 4.41. The van der Waals surface area contributed by atoms with E-state index in [1.807, 2.05) is 13.0 Å². The topological polar surface area (TPSA) is 30.3 Å². The number of rotatable bonds is 3. The predicted molar refractivity (Wildman–Crippen MR) is 73.2 cm³/mol. The van der Waals surface area contributed by atoms with Crippen LogP contribution in [0, 0.1) is 17.1 Å². The van der Waals surface area contributed by atoms with Crippen LogP contribution in [0.4, 0.5) is 4.39 Å². The Labute approximate surface area is 114 Å². The Balaban J connectivity index is 2.15. The lowest BCUT2D eigenvalue weighted by atomic mass is 9.91. The molecule has 0 N–H and O–H groups in total. The van der Waals surface area contributed by atoms with Gasteiger partial charge >= 0.3 is 0 Å². The maximum Gasteiger partial charge on any atom is 0.126 e. The van der Waals surface area contributed by atoms with E-state index in [-0.39, 0.29) is 5.82 Å². The molecule has 1 heterocycles. The van der Waals surface area contributed by atoms with Crippen molar-refractivity contribution < 1.29 is 4.39 Å². The second-order valence-corrected chi connectivity index (χ2v) is 5.44. The Kier molecular flexibility index (Phi) is 4.18. The molecule has 0 aromatic heterocycles. The molecule has 1 aliphatic heterocycles. The number of hydrogen-bond donors (Lipinski definition) is 0. The second-order valence-electron chi connectivity index (χ2n) is 5.44. The van der Waals surface area contributed by atoms with E-state index < -0.39 is 5.54 Å². The number of likely N-dealkylation sites (N-methyl/N-ethyl adjacent to an activating group) is 1. The Morgan fingerprint density at radius 3 is 2.47 bits per heavy atom. The van der Waals surface area contributed by atoms with Crippen LogP contribution in [0.2, 0.25) is 0 Å². The van der Waals surface area contributed by atoms with Gasteiger partial charge in [-0.3, -0.25) is 4.90 Å². The van der Waals surface area contributed by atoms with Gasteiger partial charge in [0.05, 0.1) is 6.07 Å². The average Bonchev–Trinajstić information content (AvgIpc) is 2.42. The summed E-state index contributed by atoms with van der Waals surface area (Å²) in [5, 5.41) is 9.53. The molecule has 1 aromatic rings. The lowest BCUT2D eigenvalue weighted by Gasteiger charge is -2.41. The van der Waals surface area contributed by atoms with E-state index >= 15 is 0 Å². The van der Waals surface area contributed by atoms with Crippen molar-refractivity contribution in [2.24, 2.45) is 0 Å². The summed E-state index contributed by atoms with van der Waals surface area (Å²) in [6, 6.07) is 9.10. The van der Waals surface area contributed by atoms with Gasteiger partial charge in [0.1, 0.15) is 11.4 Å². The molecule has 0 spiro atoms. The first-order valence-electron chi connectivity index (χ1n) is 6.63. The first-order chi connectivity index (χ1) is 9.05. The molecule has 102 valence electrons. The molecule has 1 aliphatic rings. The minimum absolute atomic E-state index is 0.224. The molecule has 0 radical (unpaired) electrons. The summed E-state index contributed by atoms with van der Waals surface area (Å²) in [6.07, 6.45) is 0.430. The molecule has 1 aromatic carbocycles. The van der Waals surface area contributed by atoms with E-state index in [1.165, 1.54) is 6.07 Å². The van der Waals surface area contributed by atoms with Crippen LogP contribution >= 0.6 is 0 Å².